The summed E-state index contributed by atoms with van der Waals surface area (Å²) >= 11 is 0. The maximum Gasteiger partial charge on any atom is 0.195 e. The van der Waals surface area contributed by atoms with E-state index in [0.29, 0.717) is 12.4 Å². The first-order valence-electron chi connectivity index (χ1n) is 7.61. The lowest BCUT2D eigenvalue weighted by atomic mass is 10.1. The van der Waals surface area contributed by atoms with E-state index in [1.54, 1.807) is 6.08 Å². The SMILES string of the molecule is C=CCOc1ccc(COc2ccc3c(F)c(F)c(F)cc3c2)cc1. The summed E-state index contributed by atoms with van der Waals surface area (Å²) in [6, 6.07) is 12.7. The van der Waals surface area contributed by atoms with Crippen molar-refractivity contribution in [2.45, 2.75) is 6.61 Å². The van der Waals surface area contributed by atoms with E-state index in [1.807, 2.05) is 24.3 Å². The summed E-state index contributed by atoms with van der Waals surface area (Å²) in [5.74, 6) is -2.74. The summed E-state index contributed by atoms with van der Waals surface area (Å²) in [5.41, 5.74) is 0.905. The topological polar surface area (TPSA) is 18.5 Å². The molecule has 3 aromatic carbocycles. The summed E-state index contributed by atoms with van der Waals surface area (Å²) in [5, 5.41) is 0.247. The first-order valence-corrected chi connectivity index (χ1v) is 7.61. The summed E-state index contributed by atoms with van der Waals surface area (Å²) in [6.07, 6.45) is 1.66. The summed E-state index contributed by atoms with van der Waals surface area (Å²) in [6.45, 7) is 4.29. The molecule has 0 spiro atoms. The van der Waals surface area contributed by atoms with Gasteiger partial charge in [0.15, 0.2) is 17.5 Å². The van der Waals surface area contributed by atoms with Crippen molar-refractivity contribution in [2.75, 3.05) is 6.61 Å². The molecule has 0 bridgehead atoms. The monoisotopic (exact) mass is 344 g/mol. The van der Waals surface area contributed by atoms with Crippen LogP contribution in [-0.2, 0) is 6.61 Å². The summed E-state index contributed by atoms with van der Waals surface area (Å²) in [4.78, 5) is 0. The van der Waals surface area contributed by atoms with Gasteiger partial charge in [-0.15, -0.1) is 0 Å². The molecule has 0 unspecified atom stereocenters. The van der Waals surface area contributed by atoms with E-state index in [4.69, 9.17) is 9.47 Å². The zero-order chi connectivity index (χ0) is 17.8. The Kier molecular flexibility index (Phi) is 4.93. The maximum atomic E-state index is 13.7. The molecule has 0 aliphatic heterocycles. The van der Waals surface area contributed by atoms with Crippen LogP contribution in [0, 0.1) is 17.5 Å². The van der Waals surface area contributed by atoms with Gasteiger partial charge in [0.05, 0.1) is 0 Å². The molecule has 0 aliphatic rings. The lowest BCUT2D eigenvalue weighted by Crippen LogP contribution is -1.97. The van der Waals surface area contributed by atoms with Crippen molar-refractivity contribution in [3.05, 3.63) is 84.2 Å². The second kappa shape index (κ2) is 7.30. The van der Waals surface area contributed by atoms with Crippen molar-refractivity contribution in [1.82, 2.24) is 0 Å². The molecule has 0 saturated heterocycles. The second-order valence-electron chi connectivity index (χ2n) is 5.40. The fourth-order valence-corrected chi connectivity index (χ4v) is 2.38. The molecule has 5 heteroatoms. The highest BCUT2D eigenvalue weighted by Gasteiger charge is 2.13. The molecule has 0 aliphatic carbocycles. The van der Waals surface area contributed by atoms with E-state index < -0.39 is 17.5 Å². The first-order chi connectivity index (χ1) is 12.1. The highest BCUT2D eigenvalue weighted by molar-refractivity contribution is 5.84. The summed E-state index contributed by atoms with van der Waals surface area (Å²) in [7, 11) is 0. The lowest BCUT2D eigenvalue weighted by molar-refractivity contribution is 0.306. The molecular weight excluding hydrogens is 329 g/mol. The maximum absolute atomic E-state index is 13.7. The third-order valence-corrected chi connectivity index (χ3v) is 3.64. The van der Waals surface area contributed by atoms with Gasteiger partial charge in [0.25, 0.3) is 0 Å². The molecule has 0 atom stereocenters. The Morgan fingerprint density at radius 1 is 0.840 bits per heavy atom. The molecule has 3 aromatic rings. The van der Waals surface area contributed by atoms with E-state index in [0.717, 1.165) is 17.4 Å². The van der Waals surface area contributed by atoms with Gasteiger partial charge in [0.2, 0.25) is 0 Å². The Bertz CT molecular complexity index is 905. The van der Waals surface area contributed by atoms with Crippen molar-refractivity contribution in [1.29, 1.82) is 0 Å². The number of rotatable bonds is 6. The Labute approximate surface area is 143 Å². The molecule has 0 heterocycles. The molecule has 3 rings (SSSR count). The van der Waals surface area contributed by atoms with Crippen molar-refractivity contribution < 1.29 is 22.6 Å². The average molecular weight is 344 g/mol. The van der Waals surface area contributed by atoms with Gasteiger partial charge < -0.3 is 9.47 Å². The van der Waals surface area contributed by atoms with Gasteiger partial charge in [-0.05, 0) is 47.3 Å². The van der Waals surface area contributed by atoms with Crippen molar-refractivity contribution in [2.24, 2.45) is 0 Å². The minimum Gasteiger partial charge on any atom is -0.490 e. The van der Waals surface area contributed by atoms with Gasteiger partial charge in [-0.2, -0.15) is 0 Å². The van der Waals surface area contributed by atoms with Crippen LogP contribution < -0.4 is 9.47 Å². The second-order valence-corrected chi connectivity index (χ2v) is 5.40. The van der Waals surface area contributed by atoms with Crippen LogP contribution in [0.2, 0.25) is 0 Å². The van der Waals surface area contributed by atoms with E-state index in [-0.39, 0.29) is 17.4 Å². The normalized spacial score (nSPS) is 10.7. The fourth-order valence-electron chi connectivity index (χ4n) is 2.38. The highest BCUT2D eigenvalue weighted by Crippen LogP contribution is 2.27. The van der Waals surface area contributed by atoms with Crippen LogP contribution in [0.5, 0.6) is 11.5 Å². The van der Waals surface area contributed by atoms with Crippen molar-refractivity contribution in [3.8, 4) is 11.5 Å². The zero-order valence-electron chi connectivity index (χ0n) is 13.3. The van der Waals surface area contributed by atoms with Crippen molar-refractivity contribution in [3.63, 3.8) is 0 Å². The van der Waals surface area contributed by atoms with Crippen LogP contribution in [-0.4, -0.2) is 6.61 Å². The molecule has 0 fully saturated rings. The lowest BCUT2D eigenvalue weighted by Gasteiger charge is -2.09. The van der Waals surface area contributed by atoms with Crippen LogP contribution in [0.25, 0.3) is 10.8 Å². The molecule has 0 radical (unpaired) electrons. The Hall–Kier alpha value is -2.95. The zero-order valence-corrected chi connectivity index (χ0v) is 13.3. The van der Waals surface area contributed by atoms with Gasteiger partial charge in [0.1, 0.15) is 24.7 Å². The van der Waals surface area contributed by atoms with Gasteiger partial charge in [-0.1, -0.05) is 24.8 Å². The van der Waals surface area contributed by atoms with Crippen LogP contribution in [0.3, 0.4) is 0 Å². The molecule has 0 amide bonds. The number of benzene rings is 3. The number of hydrogen-bond acceptors (Lipinski definition) is 2. The molecule has 0 saturated carbocycles. The van der Waals surface area contributed by atoms with Crippen LogP contribution >= 0.6 is 0 Å². The Morgan fingerprint density at radius 3 is 2.28 bits per heavy atom. The standard InChI is InChI=1S/C20H15F3O2/c1-2-9-24-15-5-3-13(4-6-15)12-25-16-7-8-17-14(10-16)11-18(21)20(23)19(17)22/h2-8,10-11H,1,9,12H2. The van der Waals surface area contributed by atoms with Crippen LogP contribution in [0.4, 0.5) is 13.2 Å². The first kappa shape index (κ1) is 16.9. The predicted molar refractivity (Wildman–Crippen MR) is 90.3 cm³/mol. The third-order valence-electron chi connectivity index (χ3n) is 3.64. The molecule has 2 nitrogen and oxygen atoms in total. The minimum atomic E-state index is -1.47. The van der Waals surface area contributed by atoms with E-state index in [2.05, 4.69) is 6.58 Å². The van der Waals surface area contributed by atoms with Crippen molar-refractivity contribution >= 4 is 10.8 Å². The van der Waals surface area contributed by atoms with E-state index in [9.17, 15) is 13.2 Å². The largest absolute Gasteiger partial charge is 0.490 e. The van der Waals surface area contributed by atoms with Gasteiger partial charge in [-0.25, -0.2) is 13.2 Å². The van der Waals surface area contributed by atoms with E-state index in [1.165, 1.54) is 18.2 Å². The summed E-state index contributed by atoms with van der Waals surface area (Å²) < 4.78 is 51.3. The minimum absolute atomic E-state index is 0.00923. The third kappa shape index (κ3) is 3.76. The van der Waals surface area contributed by atoms with Gasteiger partial charge in [0, 0.05) is 5.39 Å². The quantitative estimate of drug-likeness (QED) is 0.440. The average Bonchev–Trinajstić information content (AvgIpc) is 2.63. The number of hydrogen-bond donors (Lipinski definition) is 0. The fraction of sp³-hybridized carbons (Fsp3) is 0.100. The molecule has 0 N–H and O–H groups in total. The molecular formula is C20H15F3O2. The molecule has 0 aromatic heterocycles. The smallest absolute Gasteiger partial charge is 0.195 e. The predicted octanol–water partition coefficient (Wildman–Crippen LogP) is 5.40. The molecule has 128 valence electrons. The van der Waals surface area contributed by atoms with Gasteiger partial charge in [-0.3, -0.25) is 0 Å². The van der Waals surface area contributed by atoms with Crippen LogP contribution in [0.15, 0.2) is 61.2 Å². The van der Waals surface area contributed by atoms with E-state index >= 15 is 0 Å². The van der Waals surface area contributed by atoms with Gasteiger partial charge >= 0.3 is 0 Å². The Balaban J connectivity index is 1.73. The highest BCUT2D eigenvalue weighted by atomic mass is 19.2. The van der Waals surface area contributed by atoms with Crippen LogP contribution in [0.1, 0.15) is 5.56 Å². The number of ether oxygens (including phenoxy) is 2. The number of fused-ring (bicyclic) bond motifs is 1. The Morgan fingerprint density at radius 2 is 1.56 bits per heavy atom. The number of halogens is 3. The molecule has 25 heavy (non-hydrogen) atoms.